The van der Waals surface area contributed by atoms with E-state index in [1.807, 2.05) is 6.20 Å². The van der Waals surface area contributed by atoms with Crippen molar-refractivity contribution < 1.29 is 0 Å². The van der Waals surface area contributed by atoms with Crippen molar-refractivity contribution in [1.82, 2.24) is 24.7 Å². The molecule has 6 heteroatoms. The lowest BCUT2D eigenvalue weighted by atomic mass is 10.3. The Bertz CT molecular complexity index is 649. The van der Waals surface area contributed by atoms with Crippen LogP contribution in [0.3, 0.4) is 0 Å². The summed E-state index contributed by atoms with van der Waals surface area (Å²) in [6, 6.07) is 0. The zero-order chi connectivity index (χ0) is 12.5. The first-order valence-corrected chi connectivity index (χ1v) is 6.68. The predicted molar refractivity (Wildman–Crippen MR) is 71.7 cm³/mol. The molecule has 2 N–H and O–H groups in total. The van der Waals surface area contributed by atoms with E-state index >= 15 is 0 Å². The van der Waals surface area contributed by atoms with E-state index in [-0.39, 0.29) is 0 Å². The average Bonchev–Trinajstić information content (AvgIpc) is 2.99. The minimum absolute atomic E-state index is 0.739. The molecule has 0 aliphatic heterocycles. The van der Waals surface area contributed by atoms with E-state index in [0.717, 1.165) is 29.6 Å². The molecule has 3 aromatic heterocycles. The molecule has 0 saturated heterocycles. The predicted octanol–water partition coefficient (Wildman–Crippen LogP) is 2.03. The van der Waals surface area contributed by atoms with Gasteiger partial charge in [0.2, 0.25) is 0 Å². The van der Waals surface area contributed by atoms with Crippen LogP contribution in [-0.4, -0.2) is 19.4 Å². The van der Waals surface area contributed by atoms with Crippen molar-refractivity contribution >= 4 is 16.3 Å². The molecule has 18 heavy (non-hydrogen) atoms. The number of aromatic nitrogens is 4. The summed E-state index contributed by atoms with van der Waals surface area (Å²) in [5.41, 5.74) is 2.31. The number of nitrogens with zero attached hydrogens (tertiary/aromatic N) is 3. The molecule has 3 heterocycles. The van der Waals surface area contributed by atoms with E-state index in [1.165, 1.54) is 10.6 Å². The fourth-order valence-electron chi connectivity index (χ4n) is 2.02. The maximum Gasteiger partial charge on any atom is 0.194 e. The van der Waals surface area contributed by atoms with Crippen molar-refractivity contribution in [3.8, 4) is 0 Å². The number of hydrogen-bond donors (Lipinski definition) is 2. The Morgan fingerprint density at radius 3 is 3.06 bits per heavy atom. The molecular formula is C12H15N5S. The van der Waals surface area contributed by atoms with Crippen molar-refractivity contribution in [1.29, 1.82) is 0 Å². The van der Waals surface area contributed by atoms with E-state index in [2.05, 4.69) is 44.7 Å². The largest absolute Gasteiger partial charge is 0.348 e. The Labute approximate surface area is 109 Å². The van der Waals surface area contributed by atoms with Crippen LogP contribution < -0.4 is 5.32 Å². The van der Waals surface area contributed by atoms with Gasteiger partial charge in [0, 0.05) is 30.0 Å². The van der Waals surface area contributed by atoms with Crippen molar-refractivity contribution in [2.75, 3.05) is 0 Å². The van der Waals surface area contributed by atoms with E-state index in [1.54, 1.807) is 17.5 Å². The van der Waals surface area contributed by atoms with Gasteiger partial charge in [0.05, 0.1) is 17.9 Å². The smallest absolute Gasteiger partial charge is 0.194 e. The van der Waals surface area contributed by atoms with Gasteiger partial charge < -0.3 is 10.3 Å². The monoisotopic (exact) mass is 261 g/mol. The molecular weight excluding hydrogens is 246 g/mol. The third-order valence-electron chi connectivity index (χ3n) is 2.88. The molecule has 0 fully saturated rings. The number of nitrogens with one attached hydrogen (secondary N) is 2. The molecule has 0 unspecified atom stereocenters. The highest BCUT2D eigenvalue weighted by Gasteiger charge is 2.10. The summed E-state index contributed by atoms with van der Waals surface area (Å²) in [5, 5.41) is 3.38. The van der Waals surface area contributed by atoms with Crippen molar-refractivity contribution in [3.05, 3.63) is 40.7 Å². The number of thiazole rings is 1. The van der Waals surface area contributed by atoms with Gasteiger partial charge in [0.1, 0.15) is 5.82 Å². The minimum atomic E-state index is 0.739. The molecule has 0 atom stereocenters. The highest BCUT2D eigenvalue weighted by molar-refractivity contribution is 7.17. The summed E-state index contributed by atoms with van der Waals surface area (Å²) in [6.45, 7) is 5.69. The first-order valence-electron chi connectivity index (χ1n) is 5.87. The maximum absolute atomic E-state index is 4.57. The van der Waals surface area contributed by atoms with Gasteiger partial charge in [-0.1, -0.05) is 0 Å². The summed E-state index contributed by atoms with van der Waals surface area (Å²) in [7, 11) is 0. The molecule has 0 saturated carbocycles. The lowest BCUT2D eigenvalue weighted by Gasteiger charge is -2.03. The second-order valence-electron chi connectivity index (χ2n) is 4.28. The topological polar surface area (TPSA) is 58.0 Å². The van der Waals surface area contributed by atoms with Crippen molar-refractivity contribution in [2.24, 2.45) is 0 Å². The molecule has 3 rings (SSSR count). The summed E-state index contributed by atoms with van der Waals surface area (Å²) < 4.78 is 2.17. The van der Waals surface area contributed by atoms with Crippen molar-refractivity contribution in [2.45, 2.75) is 26.9 Å². The molecule has 0 aliphatic rings. The van der Waals surface area contributed by atoms with E-state index in [0.29, 0.717) is 0 Å². The molecule has 0 radical (unpaired) electrons. The van der Waals surface area contributed by atoms with Gasteiger partial charge in [-0.05, 0) is 13.8 Å². The fourth-order valence-corrected chi connectivity index (χ4v) is 2.91. The highest BCUT2D eigenvalue weighted by Crippen LogP contribution is 2.20. The Morgan fingerprint density at radius 2 is 2.28 bits per heavy atom. The van der Waals surface area contributed by atoms with Crippen molar-refractivity contribution in [3.63, 3.8) is 0 Å². The van der Waals surface area contributed by atoms with Crippen LogP contribution in [0, 0.1) is 13.8 Å². The van der Waals surface area contributed by atoms with Crippen LogP contribution in [0.25, 0.3) is 4.96 Å². The van der Waals surface area contributed by atoms with Gasteiger partial charge in [-0.2, -0.15) is 0 Å². The highest BCUT2D eigenvalue weighted by atomic mass is 32.1. The molecule has 0 spiro atoms. The van der Waals surface area contributed by atoms with Crippen LogP contribution in [0.4, 0.5) is 0 Å². The lowest BCUT2D eigenvalue weighted by molar-refractivity contribution is 0.651. The zero-order valence-electron chi connectivity index (χ0n) is 10.4. The van der Waals surface area contributed by atoms with E-state index in [4.69, 9.17) is 0 Å². The van der Waals surface area contributed by atoms with E-state index in [9.17, 15) is 0 Å². The standard InChI is InChI=1S/C12H15N5S/c1-8-7-17-10(9(2)16-12(17)18-8)5-13-6-11-14-3-4-15-11/h3-4,7,13H,5-6H2,1-2H3,(H,14,15). The molecule has 0 aromatic carbocycles. The average molecular weight is 261 g/mol. The molecule has 0 amide bonds. The first kappa shape index (κ1) is 11.4. The summed E-state index contributed by atoms with van der Waals surface area (Å²) in [5.74, 6) is 0.954. The number of imidazole rings is 2. The normalized spacial score (nSPS) is 11.4. The molecule has 94 valence electrons. The minimum Gasteiger partial charge on any atom is -0.348 e. The van der Waals surface area contributed by atoms with Crippen LogP contribution in [0.15, 0.2) is 18.6 Å². The number of rotatable bonds is 4. The maximum atomic E-state index is 4.57. The second kappa shape index (κ2) is 4.55. The number of H-pyrrole nitrogens is 1. The Balaban J connectivity index is 1.75. The van der Waals surface area contributed by atoms with Gasteiger partial charge in [0.25, 0.3) is 0 Å². The van der Waals surface area contributed by atoms with Gasteiger partial charge in [0.15, 0.2) is 4.96 Å². The Hall–Kier alpha value is -1.66. The quantitative estimate of drug-likeness (QED) is 0.755. The SMILES string of the molecule is Cc1cn2c(CNCc3ncc[nH]3)c(C)nc2s1. The molecule has 0 aliphatic carbocycles. The number of hydrogen-bond acceptors (Lipinski definition) is 4. The summed E-state index contributed by atoms with van der Waals surface area (Å²) in [6.07, 6.45) is 5.74. The second-order valence-corrected chi connectivity index (χ2v) is 5.49. The van der Waals surface area contributed by atoms with Gasteiger partial charge >= 0.3 is 0 Å². The number of aromatic amines is 1. The molecule has 3 aromatic rings. The van der Waals surface area contributed by atoms with E-state index < -0.39 is 0 Å². The molecule has 0 bridgehead atoms. The van der Waals surface area contributed by atoms with Crippen LogP contribution in [0.5, 0.6) is 0 Å². The zero-order valence-corrected chi connectivity index (χ0v) is 11.2. The van der Waals surface area contributed by atoms with Gasteiger partial charge in [-0.15, -0.1) is 11.3 Å². The third-order valence-corrected chi connectivity index (χ3v) is 3.78. The Morgan fingerprint density at radius 1 is 1.39 bits per heavy atom. The molecule has 5 nitrogen and oxygen atoms in total. The van der Waals surface area contributed by atoms with Crippen LogP contribution in [0.1, 0.15) is 22.1 Å². The first-order chi connectivity index (χ1) is 8.74. The van der Waals surface area contributed by atoms with Crippen LogP contribution >= 0.6 is 11.3 Å². The van der Waals surface area contributed by atoms with Gasteiger partial charge in [-0.25, -0.2) is 9.97 Å². The summed E-state index contributed by atoms with van der Waals surface area (Å²) in [4.78, 5) is 14.2. The Kier molecular flexibility index (Phi) is 2.89. The lowest BCUT2D eigenvalue weighted by Crippen LogP contribution is -2.15. The van der Waals surface area contributed by atoms with Crippen LogP contribution in [0.2, 0.25) is 0 Å². The van der Waals surface area contributed by atoms with Crippen LogP contribution in [-0.2, 0) is 13.1 Å². The summed E-state index contributed by atoms with van der Waals surface area (Å²) >= 11 is 1.72. The number of aryl methyl sites for hydroxylation is 2. The van der Waals surface area contributed by atoms with Gasteiger partial charge in [-0.3, -0.25) is 4.40 Å². The number of fused-ring (bicyclic) bond motifs is 1. The fraction of sp³-hybridized carbons (Fsp3) is 0.333. The third kappa shape index (κ3) is 2.04.